The van der Waals surface area contributed by atoms with Gasteiger partial charge in [-0.3, -0.25) is 0 Å². The molecule has 0 amide bonds. The van der Waals surface area contributed by atoms with Crippen LogP contribution in [0.3, 0.4) is 0 Å². The Morgan fingerprint density at radius 2 is 1.19 bits per heavy atom. The number of rotatable bonds is 12. The summed E-state index contributed by atoms with van der Waals surface area (Å²) in [4.78, 5) is 0. The van der Waals surface area contributed by atoms with Gasteiger partial charge in [-0.2, -0.15) is 0 Å². The molecule has 1 aliphatic heterocycles. The van der Waals surface area contributed by atoms with Gasteiger partial charge in [0, 0.05) is 13.0 Å². The summed E-state index contributed by atoms with van der Waals surface area (Å²) in [6, 6.07) is 30.5. The first-order valence-corrected chi connectivity index (χ1v) is 12.5. The van der Waals surface area contributed by atoms with Crippen molar-refractivity contribution in [2.75, 3.05) is 13.7 Å². The average Bonchev–Trinajstić information content (AvgIpc) is 2.93. The third-order valence-electron chi connectivity index (χ3n) is 6.32. The Balaban J connectivity index is 1.52. The van der Waals surface area contributed by atoms with E-state index >= 15 is 0 Å². The molecule has 0 spiro atoms. The lowest BCUT2D eigenvalue weighted by Gasteiger charge is -2.45. The Morgan fingerprint density at radius 3 is 1.69 bits per heavy atom. The summed E-state index contributed by atoms with van der Waals surface area (Å²) in [5, 5.41) is 0. The van der Waals surface area contributed by atoms with Crippen molar-refractivity contribution in [2.24, 2.45) is 5.92 Å². The number of ether oxygens (including phenoxy) is 5. The quantitative estimate of drug-likeness (QED) is 0.295. The van der Waals surface area contributed by atoms with E-state index in [4.69, 9.17) is 23.7 Å². The fourth-order valence-corrected chi connectivity index (χ4v) is 4.50. The van der Waals surface area contributed by atoms with Crippen molar-refractivity contribution in [3.63, 3.8) is 0 Å². The molecule has 4 rings (SSSR count). The number of hydrogen-bond donors (Lipinski definition) is 0. The smallest absolute Gasteiger partial charge is 0.186 e. The molecule has 5 heteroatoms. The monoisotopic (exact) mass is 488 g/mol. The molecule has 190 valence electrons. The van der Waals surface area contributed by atoms with Crippen molar-refractivity contribution < 1.29 is 23.7 Å². The molecule has 1 aliphatic rings. The standard InChI is InChI=1S/C31H36O5/c1-3-13-27-28(23-33-20-24-14-7-4-8-15-24)36-31(32-2)30(35-22-26-18-11-6-12-19-26)29(27)34-21-25-16-9-5-10-17-25/h3-19,27-31H,20-23H2,1-2H3/b13-3+/t27-,28-,29+,30+,31+/m1/s1. The molecule has 1 fully saturated rings. The molecule has 1 saturated heterocycles. The number of allylic oxidation sites excluding steroid dienone is 1. The Hall–Kier alpha value is -2.80. The Bertz CT molecular complexity index is 1020. The van der Waals surface area contributed by atoms with Crippen molar-refractivity contribution in [1.29, 1.82) is 0 Å². The number of hydrogen-bond acceptors (Lipinski definition) is 5. The van der Waals surface area contributed by atoms with Crippen LogP contribution in [-0.4, -0.2) is 38.3 Å². The summed E-state index contributed by atoms with van der Waals surface area (Å²) in [5.41, 5.74) is 3.32. The van der Waals surface area contributed by atoms with Crippen LogP contribution < -0.4 is 0 Å². The summed E-state index contributed by atoms with van der Waals surface area (Å²) in [7, 11) is 1.65. The molecule has 0 aromatic heterocycles. The zero-order valence-electron chi connectivity index (χ0n) is 21.1. The Morgan fingerprint density at radius 1 is 0.694 bits per heavy atom. The molecule has 0 bridgehead atoms. The SMILES string of the molecule is C/C=C/[C@H]1[C@H](OCc2ccccc2)[C@H](OCc2ccccc2)[C@@H](OC)O[C@@H]1COCc1ccccc1. The normalized spacial score (nSPS) is 24.2. The summed E-state index contributed by atoms with van der Waals surface area (Å²) in [5.74, 6) is -0.0679. The van der Waals surface area contributed by atoms with Crippen LogP contribution in [0.5, 0.6) is 0 Å². The number of benzene rings is 3. The van der Waals surface area contributed by atoms with Gasteiger partial charge in [0.05, 0.1) is 38.6 Å². The van der Waals surface area contributed by atoms with Crippen LogP contribution in [-0.2, 0) is 43.5 Å². The van der Waals surface area contributed by atoms with Gasteiger partial charge in [-0.05, 0) is 23.6 Å². The van der Waals surface area contributed by atoms with Gasteiger partial charge in [0.15, 0.2) is 6.29 Å². The highest BCUT2D eigenvalue weighted by molar-refractivity contribution is 5.15. The molecule has 1 heterocycles. The highest BCUT2D eigenvalue weighted by Crippen LogP contribution is 2.33. The predicted octanol–water partition coefficient (Wildman–Crippen LogP) is 5.94. The second-order valence-corrected chi connectivity index (χ2v) is 8.90. The fourth-order valence-electron chi connectivity index (χ4n) is 4.50. The average molecular weight is 489 g/mol. The fraction of sp³-hybridized carbons (Fsp3) is 0.355. The summed E-state index contributed by atoms with van der Waals surface area (Å²) in [6.07, 6.45) is 2.66. The second-order valence-electron chi connectivity index (χ2n) is 8.90. The molecule has 0 saturated carbocycles. The largest absolute Gasteiger partial charge is 0.374 e. The lowest BCUT2D eigenvalue weighted by atomic mass is 9.88. The first-order valence-electron chi connectivity index (χ1n) is 12.5. The molecular weight excluding hydrogens is 452 g/mol. The topological polar surface area (TPSA) is 46.2 Å². The third kappa shape index (κ3) is 7.36. The molecule has 0 aliphatic carbocycles. The summed E-state index contributed by atoms with van der Waals surface area (Å²) in [6.45, 7) is 3.86. The maximum atomic E-state index is 6.57. The van der Waals surface area contributed by atoms with E-state index in [-0.39, 0.29) is 18.1 Å². The Labute approximate surface area is 214 Å². The van der Waals surface area contributed by atoms with Gasteiger partial charge in [-0.15, -0.1) is 0 Å². The molecule has 3 aromatic rings. The molecule has 5 nitrogen and oxygen atoms in total. The van der Waals surface area contributed by atoms with Gasteiger partial charge in [0.1, 0.15) is 6.10 Å². The second kappa shape index (κ2) is 14.1. The highest BCUT2D eigenvalue weighted by Gasteiger charge is 2.46. The van der Waals surface area contributed by atoms with Crippen molar-refractivity contribution in [2.45, 2.75) is 51.3 Å². The van der Waals surface area contributed by atoms with E-state index in [1.165, 1.54) is 0 Å². The molecular formula is C31H36O5. The molecule has 36 heavy (non-hydrogen) atoms. The highest BCUT2D eigenvalue weighted by atomic mass is 16.7. The van der Waals surface area contributed by atoms with E-state index in [0.717, 1.165) is 16.7 Å². The van der Waals surface area contributed by atoms with Gasteiger partial charge < -0.3 is 23.7 Å². The van der Waals surface area contributed by atoms with Gasteiger partial charge in [-0.25, -0.2) is 0 Å². The molecule has 0 unspecified atom stereocenters. The van der Waals surface area contributed by atoms with Gasteiger partial charge in [0.2, 0.25) is 0 Å². The first kappa shape index (κ1) is 26.3. The Kier molecular flexibility index (Phi) is 10.3. The van der Waals surface area contributed by atoms with Gasteiger partial charge >= 0.3 is 0 Å². The van der Waals surface area contributed by atoms with Gasteiger partial charge in [0.25, 0.3) is 0 Å². The van der Waals surface area contributed by atoms with Crippen LogP contribution in [0, 0.1) is 5.92 Å². The molecule has 3 aromatic carbocycles. The van der Waals surface area contributed by atoms with Crippen molar-refractivity contribution >= 4 is 0 Å². The first-order chi connectivity index (χ1) is 17.8. The van der Waals surface area contributed by atoms with E-state index in [0.29, 0.717) is 26.4 Å². The maximum absolute atomic E-state index is 6.57. The van der Waals surface area contributed by atoms with E-state index in [1.54, 1.807) is 7.11 Å². The van der Waals surface area contributed by atoms with Crippen LogP contribution in [0.4, 0.5) is 0 Å². The lowest BCUT2D eigenvalue weighted by molar-refractivity contribution is -0.299. The summed E-state index contributed by atoms with van der Waals surface area (Å²) >= 11 is 0. The zero-order chi connectivity index (χ0) is 25.0. The zero-order valence-corrected chi connectivity index (χ0v) is 21.1. The van der Waals surface area contributed by atoms with Crippen LogP contribution in [0.2, 0.25) is 0 Å². The van der Waals surface area contributed by atoms with Crippen molar-refractivity contribution in [3.05, 3.63) is 120 Å². The molecule has 0 N–H and O–H groups in total. The minimum atomic E-state index is -0.582. The van der Waals surface area contributed by atoms with E-state index < -0.39 is 12.4 Å². The number of methoxy groups -OCH3 is 1. The van der Waals surface area contributed by atoms with Crippen molar-refractivity contribution in [3.8, 4) is 0 Å². The predicted molar refractivity (Wildman–Crippen MR) is 140 cm³/mol. The minimum Gasteiger partial charge on any atom is -0.374 e. The van der Waals surface area contributed by atoms with Crippen LogP contribution in [0.1, 0.15) is 23.6 Å². The van der Waals surface area contributed by atoms with Crippen LogP contribution in [0.15, 0.2) is 103 Å². The molecule has 5 atom stereocenters. The lowest BCUT2D eigenvalue weighted by Crippen LogP contribution is -2.57. The van der Waals surface area contributed by atoms with E-state index in [9.17, 15) is 0 Å². The van der Waals surface area contributed by atoms with Crippen LogP contribution in [0.25, 0.3) is 0 Å². The minimum absolute atomic E-state index is 0.0679. The van der Waals surface area contributed by atoms with E-state index in [1.807, 2.05) is 67.6 Å². The van der Waals surface area contributed by atoms with E-state index in [2.05, 4.69) is 42.5 Å². The third-order valence-corrected chi connectivity index (χ3v) is 6.32. The van der Waals surface area contributed by atoms with Gasteiger partial charge in [-0.1, -0.05) is 103 Å². The summed E-state index contributed by atoms with van der Waals surface area (Å²) < 4.78 is 31.3. The molecule has 0 radical (unpaired) electrons. The van der Waals surface area contributed by atoms with Crippen LogP contribution >= 0.6 is 0 Å². The van der Waals surface area contributed by atoms with Crippen molar-refractivity contribution in [1.82, 2.24) is 0 Å². The maximum Gasteiger partial charge on any atom is 0.186 e.